The molecule has 2 N–H and O–H groups in total. The lowest BCUT2D eigenvalue weighted by molar-refractivity contribution is 0.503. The summed E-state index contributed by atoms with van der Waals surface area (Å²) in [6, 6.07) is 6.51. The number of halogens is 1. The van der Waals surface area contributed by atoms with Crippen LogP contribution in [0.15, 0.2) is 35.6 Å². The predicted molar refractivity (Wildman–Crippen MR) is 115 cm³/mol. The van der Waals surface area contributed by atoms with Crippen LogP contribution < -0.4 is 10.6 Å². The third-order valence-corrected chi connectivity index (χ3v) is 3.95. The number of hydrogen-bond donors (Lipinski definition) is 2. The number of nitrogens with one attached hydrogen (secondary N) is 2. The number of aromatic nitrogens is 2. The van der Waals surface area contributed by atoms with E-state index in [4.69, 9.17) is 0 Å². The Balaban J connectivity index is 0.00000312. The summed E-state index contributed by atoms with van der Waals surface area (Å²) >= 11 is 0. The molecule has 0 saturated carbocycles. The Labute approximate surface area is 168 Å². The van der Waals surface area contributed by atoms with Crippen LogP contribution in [0, 0.1) is 19.8 Å². The maximum absolute atomic E-state index is 4.44. The summed E-state index contributed by atoms with van der Waals surface area (Å²) in [4.78, 5) is 8.73. The molecule has 2 aromatic rings. The highest BCUT2D eigenvalue weighted by Gasteiger charge is 2.06. The molecule has 1 heterocycles. The van der Waals surface area contributed by atoms with Crippen molar-refractivity contribution in [2.45, 2.75) is 47.3 Å². The Morgan fingerprint density at radius 3 is 2.56 bits per heavy atom. The van der Waals surface area contributed by atoms with Gasteiger partial charge in [-0.25, -0.2) is 4.98 Å². The molecular formula is C19H30IN5. The molecule has 0 fully saturated rings. The Morgan fingerprint density at radius 2 is 1.92 bits per heavy atom. The topological polar surface area (TPSA) is 54.2 Å². The van der Waals surface area contributed by atoms with Crippen molar-refractivity contribution in [3.63, 3.8) is 0 Å². The van der Waals surface area contributed by atoms with Gasteiger partial charge in [0.1, 0.15) is 5.82 Å². The molecule has 1 aromatic heterocycles. The fourth-order valence-corrected chi connectivity index (χ4v) is 2.67. The zero-order valence-electron chi connectivity index (χ0n) is 15.8. The Bertz CT molecular complexity index is 691. The van der Waals surface area contributed by atoms with Crippen LogP contribution in [0.25, 0.3) is 0 Å². The highest BCUT2D eigenvalue weighted by molar-refractivity contribution is 14.0. The fraction of sp³-hybridized carbons (Fsp3) is 0.474. The number of benzene rings is 1. The van der Waals surface area contributed by atoms with E-state index in [0.717, 1.165) is 24.9 Å². The fourth-order valence-electron chi connectivity index (χ4n) is 2.67. The van der Waals surface area contributed by atoms with Crippen molar-refractivity contribution in [3.8, 4) is 0 Å². The number of aliphatic imine (C=N–C) groups is 1. The van der Waals surface area contributed by atoms with E-state index in [2.05, 4.69) is 71.1 Å². The lowest BCUT2D eigenvalue weighted by Gasteiger charge is -2.15. The third kappa shape index (κ3) is 6.68. The highest BCUT2D eigenvalue weighted by atomic mass is 127. The van der Waals surface area contributed by atoms with Gasteiger partial charge in [-0.1, -0.05) is 37.6 Å². The molecule has 1 aromatic carbocycles. The molecule has 0 unspecified atom stereocenters. The first-order chi connectivity index (χ1) is 11.5. The van der Waals surface area contributed by atoms with E-state index >= 15 is 0 Å². The van der Waals surface area contributed by atoms with Gasteiger partial charge in [0.05, 0.1) is 6.54 Å². The van der Waals surface area contributed by atoms with Gasteiger partial charge in [0, 0.05) is 32.5 Å². The molecule has 0 bridgehead atoms. The van der Waals surface area contributed by atoms with Gasteiger partial charge in [-0.3, -0.25) is 4.99 Å². The SMILES string of the molecule is CN=C(NCc1ccc(C)cc1C)NCc1nccn1CC(C)C.I. The number of nitrogens with zero attached hydrogens (tertiary/aromatic N) is 3. The second kappa shape index (κ2) is 10.4. The summed E-state index contributed by atoms with van der Waals surface area (Å²) in [5, 5.41) is 6.71. The molecule has 0 amide bonds. The molecule has 2 rings (SSSR count). The van der Waals surface area contributed by atoms with Crippen LogP contribution in [0.1, 0.15) is 36.4 Å². The van der Waals surface area contributed by atoms with Crippen molar-refractivity contribution in [3.05, 3.63) is 53.1 Å². The second-order valence-corrected chi connectivity index (χ2v) is 6.60. The lowest BCUT2D eigenvalue weighted by atomic mass is 10.1. The zero-order valence-corrected chi connectivity index (χ0v) is 18.2. The van der Waals surface area contributed by atoms with Crippen LogP contribution in [-0.2, 0) is 19.6 Å². The molecule has 0 aliphatic carbocycles. The minimum atomic E-state index is 0. The summed E-state index contributed by atoms with van der Waals surface area (Å²) in [6.45, 7) is 11.1. The van der Waals surface area contributed by atoms with Gasteiger partial charge in [0.15, 0.2) is 5.96 Å². The van der Waals surface area contributed by atoms with Crippen molar-refractivity contribution in [1.82, 2.24) is 20.2 Å². The smallest absolute Gasteiger partial charge is 0.191 e. The summed E-state index contributed by atoms with van der Waals surface area (Å²) < 4.78 is 2.19. The van der Waals surface area contributed by atoms with Crippen LogP contribution in [0.5, 0.6) is 0 Å². The summed E-state index contributed by atoms with van der Waals surface area (Å²) in [7, 11) is 1.79. The monoisotopic (exact) mass is 455 g/mol. The molecule has 0 atom stereocenters. The number of hydrogen-bond acceptors (Lipinski definition) is 2. The number of aryl methyl sites for hydroxylation is 2. The Morgan fingerprint density at radius 1 is 1.20 bits per heavy atom. The normalized spacial score (nSPS) is 11.4. The predicted octanol–water partition coefficient (Wildman–Crippen LogP) is 3.64. The first-order valence-corrected chi connectivity index (χ1v) is 8.50. The van der Waals surface area contributed by atoms with E-state index in [9.17, 15) is 0 Å². The lowest BCUT2D eigenvalue weighted by Crippen LogP contribution is -2.37. The molecule has 138 valence electrons. The van der Waals surface area contributed by atoms with Crippen LogP contribution in [-0.4, -0.2) is 22.6 Å². The largest absolute Gasteiger partial charge is 0.352 e. The van der Waals surface area contributed by atoms with Crippen molar-refractivity contribution in [2.24, 2.45) is 10.9 Å². The molecular weight excluding hydrogens is 425 g/mol. The standard InChI is InChI=1S/C19H29N5.HI/c1-14(2)13-24-9-8-21-18(24)12-23-19(20-5)22-11-17-7-6-15(3)10-16(17)4;/h6-10,14H,11-13H2,1-5H3,(H2,20,22,23);1H. The van der Waals surface area contributed by atoms with Gasteiger partial charge >= 0.3 is 0 Å². The van der Waals surface area contributed by atoms with Gasteiger partial charge in [0.2, 0.25) is 0 Å². The Hall–Kier alpha value is -1.57. The Kier molecular flexibility index (Phi) is 8.96. The molecule has 6 heteroatoms. The van der Waals surface area contributed by atoms with E-state index in [1.165, 1.54) is 16.7 Å². The molecule has 0 saturated heterocycles. The van der Waals surface area contributed by atoms with Gasteiger partial charge in [0.25, 0.3) is 0 Å². The van der Waals surface area contributed by atoms with Gasteiger partial charge in [-0.2, -0.15) is 0 Å². The zero-order chi connectivity index (χ0) is 17.5. The van der Waals surface area contributed by atoms with Crippen LogP contribution in [0.4, 0.5) is 0 Å². The van der Waals surface area contributed by atoms with E-state index in [1.54, 1.807) is 7.05 Å². The van der Waals surface area contributed by atoms with E-state index < -0.39 is 0 Å². The molecule has 0 aliphatic heterocycles. The van der Waals surface area contributed by atoms with Crippen LogP contribution in [0.2, 0.25) is 0 Å². The van der Waals surface area contributed by atoms with Crippen molar-refractivity contribution < 1.29 is 0 Å². The molecule has 0 aliphatic rings. The first kappa shape index (κ1) is 21.5. The van der Waals surface area contributed by atoms with Gasteiger partial charge in [-0.15, -0.1) is 24.0 Å². The van der Waals surface area contributed by atoms with E-state index in [1.807, 2.05) is 12.4 Å². The van der Waals surface area contributed by atoms with Crippen LogP contribution >= 0.6 is 24.0 Å². The first-order valence-electron chi connectivity index (χ1n) is 8.50. The summed E-state index contributed by atoms with van der Waals surface area (Å²) in [5.74, 6) is 2.41. The quantitative estimate of drug-likeness (QED) is 0.398. The highest BCUT2D eigenvalue weighted by Crippen LogP contribution is 2.10. The van der Waals surface area contributed by atoms with Crippen molar-refractivity contribution in [1.29, 1.82) is 0 Å². The average Bonchev–Trinajstić information content (AvgIpc) is 2.95. The summed E-state index contributed by atoms with van der Waals surface area (Å²) in [6.07, 6.45) is 3.88. The number of imidazole rings is 1. The number of guanidine groups is 1. The minimum Gasteiger partial charge on any atom is -0.352 e. The van der Waals surface area contributed by atoms with E-state index in [-0.39, 0.29) is 24.0 Å². The van der Waals surface area contributed by atoms with Crippen molar-refractivity contribution >= 4 is 29.9 Å². The third-order valence-electron chi connectivity index (χ3n) is 3.95. The van der Waals surface area contributed by atoms with Crippen LogP contribution in [0.3, 0.4) is 0 Å². The number of rotatable bonds is 6. The maximum atomic E-state index is 4.44. The molecule has 0 spiro atoms. The van der Waals surface area contributed by atoms with Crippen molar-refractivity contribution in [2.75, 3.05) is 7.05 Å². The summed E-state index contributed by atoms with van der Waals surface area (Å²) in [5.41, 5.74) is 3.87. The van der Waals surface area contributed by atoms with E-state index in [0.29, 0.717) is 12.5 Å². The minimum absolute atomic E-state index is 0. The van der Waals surface area contributed by atoms with Gasteiger partial charge in [-0.05, 0) is 30.9 Å². The van der Waals surface area contributed by atoms with Gasteiger partial charge < -0.3 is 15.2 Å². The molecule has 0 radical (unpaired) electrons. The molecule has 25 heavy (non-hydrogen) atoms. The molecule has 5 nitrogen and oxygen atoms in total. The maximum Gasteiger partial charge on any atom is 0.191 e. The average molecular weight is 455 g/mol. The second-order valence-electron chi connectivity index (χ2n) is 6.60.